The average Bonchev–Trinajstić information content (AvgIpc) is 2.42. The summed E-state index contributed by atoms with van der Waals surface area (Å²) in [5.74, 6) is -0.275. The van der Waals surface area contributed by atoms with Crippen LogP contribution in [0.5, 0.6) is 0 Å². The van der Waals surface area contributed by atoms with Crippen molar-refractivity contribution in [1.82, 2.24) is 0 Å². The number of aryl methyl sites for hydroxylation is 1. The summed E-state index contributed by atoms with van der Waals surface area (Å²) in [5, 5.41) is 7.89. The molecule has 116 valence electrons. The third-order valence-electron chi connectivity index (χ3n) is 3.31. The van der Waals surface area contributed by atoms with Crippen LogP contribution in [0.25, 0.3) is 0 Å². The van der Waals surface area contributed by atoms with Gasteiger partial charge in [0.15, 0.2) is 0 Å². The molecule has 1 saturated heterocycles. The van der Waals surface area contributed by atoms with Crippen LogP contribution in [-0.2, 0) is 19.6 Å². The standard InChI is InChI=1S/C13H17ClN2O4S/c1-8-6-9(21(15,18)19)7-10(14)12(8)16-13(17)11-4-2-3-5-20-11/h6-7,11H,2-5H2,1H3,(H,16,17)(H2,15,18,19). The number of carbonyl (C=O) groups is 1. The van der Waals surface area contributed by atoms with Gasteiger partial charge in [0.05, 0.1) is 15.6 Å². The molecule has 1 aromatic carbocycles. The van der Waals surface area contributed by atoms with Gasteiger partial charge in [-0.25, -0.2) is 13.6 Å². The van der Waals surface area contributed by atoms with Crippen LogP contribution < -0.4 is 10.5 Å². The number of hydrogen-bond donors (Lipinski definition) is 2. The van der Waals surface area contributed by atoms with Gasteiger partial charge in [-0.2, -0.15) is 0 Å². The highest BCUT2D eigenvalue weighted by Crippen LogP contribution is 2.29. The Labute approximate surface area is 128 Å². The van der Waals surface area contributed by atoms with E-state index in [0.29, 0.717) is 24.3 Å². The van der Waals surface area contributed by atoms with Crippen LogP contribution in [-0.4, -0.2) is 27.0 Å². The van der Waals surface area contributed by atoms with Crippen molar-refractivity contribution >= 4 is 33.2 Å². The molecule has 0 bridgehead atoms. The van der Waals surface area contributed by atoms with Crippen LogP contribution in [0.1, 0.15) is 24.8 Å². The summed E-state index contributed by atoms with van der Waals surface area (Å²) in [6, 6.07) is 2.60. The summed E-state index contributed by atoms with van der Waals surface area (Å²) in [5.41, 5.74) is 0.902. The van der Waals surface area contributed by atoms with E-state index in [0.717, 1.165) is 12.8 Å². The lowest BCUT2D eigenvalue weighted by atomic mass is 10.1. The van der Waals surface area contributed by atoms with Crippen LogP contribution in [0.3, 0.4) is 0 Å². The molecule has 3 N–H and O–H groups in total. The number of anilines is 1. The molecule has 0 radical (unpaired) electrons. The van der Waals surface area contributed by atoms with E-state index >= 15 is 0 Å². The molecular weight excluding hydrogens is 316 g/mol. The highest BCUT2D eigenvalue weighted by atomic mass is 35.5. The van der Waals surface area contributed by atoms with E-state index in [1.54, 1.807) is 6.92 Å². The largest absolute Gasteiger partial charge is 0.368 e. The number of halogens is 1. The van der Waals surface area contributed by atoms with Gasteiger partial charge in [-0.15, -0.1) is 0 Å². The first-order valence-corrected chi connectivity index (χ1v) is 8.47. The molecule has 2 rings (SSSR count). The minimum Gasteiger partial charge on any atom is -0.368 e. The molecule has 1 unspecified atom stereocenters. The summed E-state index contributed by atoms with van der Waals surface area (Å²) in [6.45, 7) is 2.22. The molecule has 1 aliphatic heterocycles. The van der Waals surface area contributed by atoms with Crippen molar-refractivity contribution in [3.05, 3.63) is 22.7 Å². The van der Waals surface area contributed by atoms with Crippen molar-refractivity contribution in [2.45, 2.75) is 37.2 Å². The Bertz CT molecular complexity index is 631. The molecule has 6 nitrogen and oxygen atoms in total. The number of nitrogens with one attached hydrogen (secondary N) is 1. The second kappa shape index (κ2) is 6.31. The van der Waals surface area contributed by atoms with E-state index in [1.165, 1.54) is 12.1 Å². The number of benzene rings is 1. The molecule has 0 saturated carbocycles. The fraction of sp³-hybridized carbons (Fsp3) is 0.462. The van der Waals surface area contributed by atoms with Gasteiger partial charge >= 0.3 is 0 Å². The zero-order chi connectivity index (χ0) is 15.6. The summed E-state index contributed by atoms with van der Waals surface area (Å²) >= 11 is 6.05. The smallest absolute Gasteiger partial charge is 0.253 e. The SMILES string of the molecule is Cc1cc(S(N)(=O)=O)cc(Cl)c1NC(=O)C1CCCCO1. The number of rotatable bonds is 3. The minimum absolute atomic E-state index is 0.0862. The zero-order valence-corrected chi connectivity index (χ0v) is 13.1. The lowest BCUT2D eigenvalue weighted by Crippen LogP contribution is -2.33. The molecule has 8 heteroatoms. The van der Waals surface area contributed by atoms with E-state index in [9.17, 15) is 13.2 Å². The Hall–Kier alpha value is -1.15. The van der Waals surface area contributed by atoms with E-state index in [-0.39, 0.29) is 15.8 Å². The molecule has 1 aromatic rings. The maximum absolute atomic E-state index is 12.1. The number of sulfonamides is 1. The summed E-state index contributed by atoms with van der Waals surface area (Å²) in [6.07, 6.45) is 2.06. The van der Waals surface area contributed by atoms with Gasteiger partial charge in [0.25, 0.3) is 5.91 Å². The van der Waals surface area contributed by atoms with E-state index in [1.807, 2.05) is 0 Å². The van der Waals surface area contributed by atoms with Crippen LogP contribution in [0.4, 0.5) is 5.69 Å². The third-order valence-corrected chi connectivity index (χ3v) is 4.50. The lowest BCUT2D eigenvalue weighted by molar-refractivity contribution is -0.129. The number of ether oxygens (including phenoxy) is 1. The number of amides is 1. The monoisotopic (exact) mass is 332 g/mol. The molecule has 1 heterocycles. The van der Waals surface area contributed by atoms with Crippen molar-refractivity contribution in [3.63, 3.8) is 0 Å². The quantitative estimate of drug-likeness (QED) is 0.881. The van der Waals surface area contributed by atoms with E-state index < -0.39 is 16.1 Å². The van der Waals surface area contributed by atoms with Crippen LogP contribution in [0.15, 0.2) is 17.0 Å². The van der Waals surface area contributed by atoms with Gasteiger partial charge in [0, 0.05) is 6.61 Å². The highest BCUT2D eigenvalue weighted by Gasteiger charge is 2.23. The number of nitrogens with two attached hydrogens (primary N) is 1. The normalized spacial score (nSPS) is 19.3. The van der Waals surface area contributed by atoms with Crippen LogP contribution in [0, 0.1) is 6.92 Å². The minimum atomic E-state index is -3.84. The van der Waals surface area contributed by atoms with Gasteiger partial charge in [-0.1, -0.05) is 11.6 Å². The lowest BCUT2D eigenvalue weighted by Gasteiger charge is -2.22. The van der Waals surface area contributed by atoms with E-state index in [2.05, 4.69) is 5.32 Å². The molecule has 0 aromatic heterocycles. The molecule has 0 aliphatic carbocycles. The predicted molar refractivity (Wildman–Crippen MR) is 79.8 cm³/mol. The second-order valence-electron chi connectivity index (χ2n) is 4.99. The average molecular weight is 333 g/mol. The van der Waals surface area contributed by atoms with Crippen molar-refractivity contribution in [2.24, 2.45) is 5.14 Å². The fourth-order valence-corrected chi connectivity index (χ4v) is 3.19. The Kier molecular flexibility index (Phi) is 4.88. The number of hydrogen-bond acceptors (Lipinski definition) is 4. The fourth-order valence-electron chi connectivity index (χ4n) is 2.19. The first-order valence-electron chi connectivity index (χ1n) is 6.54. The van der Waals surface area contributed by atoms with Crippen LogP contribution in [0.2, 0.25) is 5.02 Å². The van der Waals surface area contributed by atoms with Gasteiger partial charge in [0.2, 0.25) is 10.0 Å². The Balaban J connectivity index is 2.22. The maximum Gasteiger partial charge on any atom is 0.253 e. The first kappa shape index (κ1) is 16.2. The third kappa shape index (κ3) is 3.94. The molecule has 1 atom stereocenters. The topological polar surface area (TPSA) is 98.5 Å². The van der Waals surface area contributed by atoms with Crippen LogP contribution >= 0.6 is 11.6 Å². The van der Waals surface area contributed by atoms with Crippen molar-refractivity contribution in [1.29, 1.82) is 0 Å². The second-order valence-corrected chi connectivity index (χ2v) is 6.96. The molecule has 0 spiro atoms. The van der Waals surface area contributed by atoms with Crippen molar-refractivity contribution in [3.8, 4) is 0 Å². The van der Waals surface area contributed by atoms with Crippen molar-refractivity contribution < 1.29 is 17.9 Å². The van der Waals surface area contributed by atoms with Gasteiger partial charge in [-0.05, 0) is 43.9 Å². The van der Waals surface area contributed by atoms with Gasteiger partial charge in [0.1, 0.15) is 6.10 Å². The van der Waals surface area contributed by atoms with Crippen molar-refractivity contribution in [2.75, 3.05) is 11.9 Å². The number of carbonyl (C=O) groups excluding carboxylic acids is 1. The maximum atomic E-state index is 12.1. The van der Waals surface area contributed by atoms with Gasteiger partial charge < -0.3 is 10.1 Å². The molecule has 1 amide bonds. The zero-order valence-electron chi connectivity index (χ0n) is 11.6. The first-order chi connectivity index (χ1) is 9.79. The highest BCUT2D eigenvalue weighted by molar-refractivity contribution is 7.89. The molecular formula is C13H17ClN2O4S. The summed E-state index contributed by atoms with van der Waals surface area (Å²) in [4.78, 5) is 12.0. The summed E-state index contributed by atoms with van der Waals surface area (Å²) < 4.78 is 28.1. The Morgan fingerprint density at radius 1 is 1.43 bits per heavy atom. The molecule has 1 fully saturated rings. The number of primary sulfonamides is 1. The molecule has 21 heavy (non-hydrogen) atoms. The van der Waals surface area contributed by atoms with Gasteiger partial charge in [-0.3, -0.25) is 4.79 Å². The molecule has 1 aliphatic rings. The Morgan fingerprint density at radius 3 is 2.67 bits per heavy atom. The summed E-state index contributed by atoms with van der Waals surface area (Å²) in [7, 11) is -3.84. The van der Waals surface area contributed by atoms with E-state index in [4.69, 9.17) is 21.5 Å². The predicted octanol–water partition coefficient (Wildman–Crippen LogP) is 1.80. The Morgan fingerprint density at radius 2 is 2.14 bits per heavy atom.